The molecule has 3 aliphatic rings. The van der Waals surface area contributed by atoms with Gasteiger partial charge in [0.15, 0.2) is 18.9 Å². The summed E-state index contributed by atoms with van der Waals surface area (Å²) in [5, 5.41) is 120. The Labute approximate surface area is 479 Å². The normalized spacial score (nSPS) is 30.2. The van der Waals surface area contributed by atoms with Gasteiger partial charge in [-0.2, -0.15) is 0 Å². The third kappa shape index (κ3) is 27.8. The average Bonchev–Trinajstić information content (AvgIpc) is 3.47. The van der Waals surface area contributed by atoms with Gasteiger partial charge in [0.05, 0.1) is 38.6 Å². The lowest BCUT2D eigenvalue weighted by Crippen LogP contribution is -2.66. The Bertz CT molecular complexity index is 1600. The number of aliphatic hydroxyl groups excluding tert-OH is 11. The molecule has 80 heavy (non-hydrogen) atoms. The molecule has 3 heterocycles. The zero-order chi connectivity index (χ0) is 58.3. The minimum absolute atomic E-state index is 0.243. The first-order valence-electron chi connectivity index (χ1n) is 31.2. The van der Waals surface area contributed by atoms with Crippen molar-refractivity contribution in [1.29, 1.82) is 0 Å². The monoisotopic (exact) mass is 1150 g/mol. The molecule has 0 saturated carbocycles. The molecule has 3 saturated heterocycles. The SMILES string of the molecule is CCCCCCC/C=C\C/C=C\CCCCCCCCCCCCCCCC(=O)NC(COC1OC(CO)C(OC2OC(CO)C(OC3OC(CO)C(O)C(O)C3O)C(O)C2O)C(O)C1O)C(O)/C=C/CCCCCCCCCC. The standard InChI is InChI=1S/C61H111NO18/c1-3-5-7-9-11-13-15-16-17-18-19-20-21-22-23-24-25-26-27-28-29-31-33-35-37-39-49(67)62-44(45(66)38-36-34-32-30-14-12-10-8-6-4-2)43-75-59-55(73)52(70)57(47(41-64)77-59)80-61-56(74)53(71)58(48(42-65)78-61)79-60-54(72)51(69)50(68)46(40-63)76-60/h15-16,18-19,36,38,44-48,50-61,63-66,68-74H,3-14,17,20-35,37,39-43H2,1-2H3,(H,62,67)/b16-15-,19-18-,38-36+. The first kappa shape index (κ1) is 72.3. The molecule has 0 bridgehead atoms. The van der Waals surface area contributed by atoms with Gasteiger partial charge in [-0.15, -0.1) is 0 Å². The van der Waals surface area contributed by atoms with Gasteiger partial charge in [0.25, 0.3) is 0 Å². The molecular formula is C61H111NO18. The van der Waals surface area contributed by atoms with Crippen molar-refractivity contribution in [1.82, 2.24) is 5.32 Å². The van der Waals surface area contributed by atoms with Gasteiger partial charge < -0.3 is 89.9 Å². The Hall–Kier alpha value is -1.99. The van der Waals surface area contributed by atoms with Gasteiger partial charge in [-0.25, -0.2) is 0 Å². The number of hydrogen-bond acceptors (Lipinski definition) is 18. The summed E-state index contributed by atoms with van der Waals surface area (Å²) in [6.07, 6.45) is 21.4. The summed E-state index contributed by atoms with van der Waals surface area (Å²) in [7, 11) is 0. The number of hydrogen-bond donors (Lipinski definition) is 12. The molecule has 0 aromatic carbocycles. The summed E-state index contributed by atoms with van der Waals surface area (Å²) >= 11 is 0. The van der Waals surface area contributed by atoms with Crippen molar-refractivity contribution in [2.24, 2.45) is 0 Å². The van der Waals surface area contributed by atoms with Gasteiger partial charge in [-0.3, -0.25) is 4.79 Å². The number of nitrogens with one attached hydrogen (secondary N) is 1. The number of allylic oxidation sites excluding steroid dienone is 5. The summed E-state index contributed by atoms with van der Waals surface area (Å²) in [5.41, 5.74) is 0. The Morgan fingerprint density at radius 3 is 1.27 bits per heavy atom. The van der Waals surface area contributed by atoms with Crippen molar-refractivity contribution < 1.29 is 89.4 Å². The van der Waals surface area contributed by atoms with E-state index in [9.17, 15) is 61.0 Å². The van der Waals surface area contributed by atoms with E-state index in [1.165, 1.54) is 135 Å². The molecule has 19 heteroatoms. The maximum absolute atomic E-state index is 13.3. The lowest BCUT2D eigenvalue weighted by atomic mass is 9.96. The van der Waals surface area contributed by atoms with Crippen molar-refractivity contribution >= 4 is 5.91 Å². The predicted octanol–water partition coefficient (Wildman–Crippen LogP) is 6.10. The minimum atomic E-state index is -1.98. The van der Waals surface area contributed by atoms with Crippen molar-refractivity contribution in [3.63, 3.8) is 0 Å². The topological polar surface area (TPSA) is 307 Å². The average molecular weight is 1150 g/mol. The summed E-state index contributed by atoms with van der Waals surface area (Å²) < 4.78 is 34.2. The van der Waals surface area contributed by atoms with E-state index in [0.29, 0.717) is 6.42 Å². The molecule has 17 unspecified atom stereocenters. The highest BCUT2D eigenvalue weighted by Crippen LogP contribution is 2.33. The Morgan fingerprint density at radius 2 is 0.825 bits per heavy atom. The molecular weight excluding hydrogens is 1030 g/mol. The van der Waals surface area contributed by atoms with E-state index in [4.69, 9.17) is 28.4 Å². The summed E-state index contributed by atoms with van der Waals surface area (Å²) in [6.45, 7) is 1.68. The van der Waals surface area contributed by atoms with Crippen LogP contribution in [0.15, 0.2) is 36.5 Å². The first-order chi connectivity index (χ1) is 38.8. The second kappa shape index (κ2) is 44.5. The lowest BCUT2D eigenvalue weighted by Gasteiger charge is -2.48. The van der Waals surface area contributed by atoms with E-state index in [1.54, 1.807) is 6.08 Å². The number of amides is 1. The van der Waals surface area contributed by atoms with Crippen LogP contribution in [0, 0.1) is 0 Å². The third-order valence-electron chi connectivity index (χ3n) is 15.7. The zero-order valence-corrected chi connectivity index (χ0v) is 48.8. The Kier molecular flexibility index (Phi) is 40.2. The van der Waals surface area contributed by atoms with E-state index in [0.717, 1.165) is 51.4 Å². The molecule has 0 aliphatic carbocycles. The number of rotatable bonds is 46. The zero-order valence-electron chi connectivity index (χ0n) is 48.8. The van der Waals surface area contributed by atoms with Crippen LogP contribution < -0.4 is 5.32 Å². The molecule has 0 aromatic rings. The smallest absolute Gasteiger partial charge is 0.220 e. The highest BCUT2D eigenvalue weighted by atomic mass is 16.8. The quantitative estimate of drug-likeness (QED) is 0.0242. The fraction of sp³-hybridized carbons (Fsp3) is 0.885. The first-order valence-corrected chi connectivity index (χ1v) is 31.2. The molecule has 468 valence electrons. The largest absolute Gasteiger partial charge is 0.394 e. The van der Waals surface area contributed by atoms with Crippen LogP contribution in [0.2, 0.25) is 0 Å². The van der Waals surface area contributed by atoms with Gasteiger partial charge in [-0.05, 0) is 51.4 Å². The number of carbonyl (C=O) groups excluding carboxylic acids is 1. The number of unbranched alkanes of at least 4 members (excludes halogenated alkanes) is 26. The molecule has 17 atom stereocenters. The molecule has 1 amide bonds. The molecule has 0 radical (unpaired) electrons. The van der Waals surface area contributed by atoms with Crippen LogP contribution >= 0.6 is 0 Å². The predicted molar refractivity (Wildman–Crippen MR) is 305 cm³/mol. The maximum Gasteiger partial charge on any atom is 0.220 e. The van der Waals surface area contributed by atoms with Crippen LogP contribution in [0.5, 0.6) is 0 Å². The molecule has 19 nitrogen and oxygen atoms in total. The molecule has 0 spiro atoms. The summed E-state index contributed by atoms with van der Waals surface area (Å²) in [4.78, 5) is 13.3. The third-order valence-corrected chi connectivity index (χ3v) is 15.7. The van der Waals surface area contributed by atoms with Crippen LogP contribution in [0.1, 0.15) is 213 Å². The number of aliphatic hydroxyl groups is 11. The van der Waals surface area contributed by atoms with Gasteiger partial charge in [-0.1, -0.05) is 192 Å². The highest BCUT2D eigenvalue weighted by molar-refractivity contribution is 5.76. The van der Waals surface area contributed by atoms with Crippen LogP contribution in [0.3, 0.4) is 0 Å². The number of carbonyl (C=O) groups is 1. The fourth-order valence-electron chi connectivity index (χ4n) is 10.5. The van der Waals surface area contributed by atoms with Crippen LogP contribution in [-0.4, -0.2) is 193 Å². The maximum atomic E-state index is 13.3. The van der Waals surface area contributed by atoms with Gasteiger partial charge >= 0.3 is 0 Å². The van der Waals surface area contributed by atoms with Crippen molar-refractivity contribution in [3.05, 3.63) is 36.5 Å². The lowest BCUT2D eigenvalue weighted by molar-refractivity contribution is -0.379. The van der Waals surface area contributed by atoms with E-state index >= 15 is 0 Å². The molecule has 3 fully saturated rings. The van der Waals surface area contributed by atoms with Crippen LogP contribution in [0.25, 0.3) is 0 Å². The van der Waals surface area contributed by atoms with Crippen molar-refractivity contribution in [3.8, 4) is 0 Å². The molecule has 3 aliphatic heterocycles. The fourth-order valence-corrected chi connectivity index (χ4v) is 10.5. The summed E-state index contributed by atoms with van der Waals surface area (Å²) in [6, 6.07) is -0.970. The summed E-state index contributed by atoms with van der Waals surface area (Å²) in [5.74, 6) is -0.279. The molecule has 0 aromatic heterocycles. The van der Waals surface area contributed by atoms with E-state index < -0.39 is 124 Å². The van der Waals surface area contributed by atoms with Crippen molar-refractivity contribution in [2.75, 3.05) is 26.4 Å². The second-order valence-electron chi connectivity index (χ2n) is 22.5. The minimum Gasteiger partial charge on any atom is -0.394 e. The molecule has 12 N–H and O–H groups in total. The van der Waals surface area contributed by atoms with E-state index in [-0.39, 0.29) is 18.9 Å². The van der Waals surface area contributed by atoms with Crippen LogP contribution in [-0.2, 0) is 33.2 Å². The van der Waals surface area contributed by atoms with Crippen LogP contribution in [0.4, 0.5) is 0 Å². The highest BCUT2D eigenvalue weighted by Gasteiger charge is 2.53. The van der Waals surface area contributed by atoms with Gasteiger partial charge in [0.2, 0.25) is 5.91 Å². The Balaban J connectivity index is 1.42. The molecule has 3 rings (SSSR count). The second-order valence-corrected chi connectivity index (χ2v) is 22.5. The van der Waals surface area contributed by atoms with E-state index in [1.807, 2.05) is 6.08 Å². The Morgan fingerprint density at radius 1 is 0.450 bits per heavy atom. The van der Waals surface area contributed by atoms with Gasteiger partial charge in [0, 0.05) is 6.42 Å². The van der Waals surface area contributed by atoms with Gasteiger partial charge in [0.1, 0.15) is 73.2 Å². The van der Waals surface area contributed by atoms with E-state index in [2.05, 4.69) is 43.5 Å². The van der Waals surface area contributed by atoms with Crippen molar-refractivity contribution in [2.45, 2.75) is 317 Å². The number of ether oxygens (including phenoxy) is 6.